The Bertz CT molecular complexity index is 1910. The van der Waals surface area contributed by atoms with Crippen LogP contribution in [0.25, 0.3) is 22.3 Å². The van der Waals surface area contributed by atoms with Gasteiger partial charge in [0.2, 0.25) is 5.95 Å². The van der Waals surface area contributed by atoms with Crippen molar-refractivity contribution in [2.24, 2.45) is 0 Å². The summed E-state index contributed by atoms with van der Waals surface area (Å²) in [5, 5.41) is 7.78. The first-order valence-electron chi connectivity index (χ1n) is 12.7. The molecule has 236 valence electrons. The molecule has 3 aliphatic rings. The molecule has 0 amide bonds. The van der Waals surface area contributed by atoms with Crippen LogP contribution in [0.2, 0.25) is 0 Å². The van der Waals surface area contributed by atoms with Gasteiger partial charge in [-0.25, -0.2) is 19.3 Å². The minimum atomic E-state index is -4.14. The van der Waals surface area contributed by atoms with E-state index in [-0.39, 0.29) is 47.1 Å². The average Bonchev–Trinajstić information content (AvgIpc) is 3.72. The molecule has 2 bridgehead atoms. The number of anilines is 2. The van der Waals surface area contributed by atoms with Gasteiger partial charge in [-0.2, -0.15) is 9.67 Å². The number of nitrogen functional groups attached to an aromatic ring is 2. The predicted molar refractivity (Wildman–Crippen MR) is 152 cm³/mol. The molecular weight excluding hydrogens is 671 g/mol. The lowest BCUT2D eigenvalue weighted by Crippen LogP contribution is -2.34. The van der Waals surface area contributed by atoms with E-state index < -0.39 is 68.6 Å². The van der Waals surface area contributed by atoms with E-state index in [9.17, 15) is 14.6 Å². The highest BCUT2D eigenvalue weighted by Crippen LogP contribution is 2.54. The molecule has 7 rings (SSSR count). The third-order valence-corrected chi connectivity index (χ3v) is 10.2. The Kier molecular flexibility index (Phi) is 7.50. The highest BCUT2D eigenvalue weighted by molar-refractivity contribution is 8.07. The molecule has 4 aromatic rings. The van der Waals surface area contributed by atoms with Crippen LogP contribution < -0.4 is 17.0 Å². The summed E-state index contributed by atoms with van der Waals surface area (Å²) in [7, 11) is 0. The second kappa shape index (κ2) is 11.0. The average molecular weight is 694 g/mol. The first-order valence-corrected chi connectivity index (χ1v) is 17.9. The molecule has 7 heterocycles. The molecule has 4 aromatic heterocycles. The molecule has 0 saturated carbocycles. The molecule has 9 atom stereocenters. The van der Waals surface area contributed by atoms with Crippen molar-refractivity contribution in [3.05, 3.63) is 23.0 Å². The Morgan fingerprint density at radius 1 is 1.00 bits per heavy atom. The van der Waals surface area contributed by atoms with Crippen molar-refractivity contribution < 1.29 is 41.7 Å². The van der Waals surface area contributed by atoms with E-state index in [1.807, 2.05) is 0 Å². The van der Waals surface area contributed by atoms with Gasteiger partial charge in [0.1, 0.15) is 30.2 Å². The molecule has 0 aromatic carbocycles. The molecule has 0 spiro atoms. The first kappa shape index (κ1) is 30.0. The zero-order chi connectivity index (χ0) is 31.0. The zero-order valence-corrected chi connectivity index (χ0v) is 25.3. The number of aromatic amines is 1. The Labute approximate surface area is 254 Å². The van der Waals surface area contributed by atoms with E-state index in [1.165, 1.54) is 17.2 Å². The van der Waals surface area contributed by atoms with E-state index in [1.54, 1.807) is 0 Å². The normalized spacial score (nSPS) is 36.6. The van der Waals surface area contributed by atoms with Crippen molar-refractivity contribution in [1.82, 2.24) is 44.5 Å². The third kappa shape index (κ3) is 5.42. The number of aromatic nitrogens is 9. The Balaban J connectivity index is 1.19. The van der Waals surface area contributed by atoms with E-state index >= 15 is 4.39 Å². The van der Waals surface area contributed by atoms with Crippen LogP contribution in [0.5, 0.6) is 0 Å². The molecule has 0 radical (unpaired) electrons. The molecule has 7 N–H and O–H groups in total. The van der Waals surface area contributed by atoms with Crippen LogP contribution in [-0.2, 0) is 51.2 Å². The van der Waals surface area contributed by atoms with Gasteiger partial charge in [0, 0.05) is 6.42 Å². The monoisotopic (exact) mass is 693 g/mol. The van der Waals surface area contributed by atoms with Crippen molar-refractivity contribution in [1.29, 1.82) is 0 Å². The van der Waals surface area contributed by atoms with E-state index in [0.29, 0.717) is 0 Å². The lowest BCUT2D eigenvalue weighted by molar-refractivity contribution is -0.0637. The summed E-state index contributed by atoms with van der Waals surface area (Å²) >= 11 is 10.5. The summed E-state index contributed by atoms with van der Waals surface area (Å²) in [6, 6.07) is 0. The quantitative estimate of drug-likeness (QED) is 0.162. The number of halogens is 1. The van der Waals surface area contributed by atoms with Crippen LogP contribution in [0, 0.1) is 0 Å². The van der Waals surface area contributed by atoms with Crippen LogP contribution in [0.3, 0.4) is 0 Å². The molecular formula is C19H22FN11O9P2S2. The number of nitrogens with zero attached hydrogens (tertiary/aromatic N) is 8. The number of nitrogens with one attached hydrogen (secondary N) is 1. The largest absolute Gasteiger partial charge is 0.382 e. The number of fused-ring (bicyclic) bond motifs is 5. The van der Waals surface area contributed by atoms with Crippen LogP contribution >= 0.6 is 13.4 Å². The van der Waals surface area contributed by atoms with Crippen molar-refractivity contribution in [2.45, 2.75) is 49.5 Å². The molecule has 25 heteroatoms. The summed E-state index contributed by atoms with van der Waals surface area (Å²) < 4.78 is 52.8. The molecule has 3 aliphatic heterocycles. The first-order chi connectivity index (χ1) is 20.9. The Hall–Kier alpha value is -2.66. The lowest BCUT2D eigenvalue weighted by atomic mass is 10.1. The fraction of sp³-hybridized carbons (Fsp3) is 0.526. The minimum absolute atomic E-state index is 0.0260. The van der Waals surface area contributed by atoms with Gasteiger partial charge in [0.15, 0.2) is 41.3 Å². The lowest BCUT2D eigenvalue weighted by Gasteiger charge is -2.27. The number of H-pyrrole nitrogens is 1. The second-order valence-corrected chi connectivity index (χ2v) is 15.5. The minimum Gasteiger partial charge on any atom is -0.382 e. The molecule has 0 aliphatic carbocycles. The van der Waals surface area contributed by atoms with Gasteiger partial charge in [0.05, 0.1) is 25.6 Å². The van der Waals surface area contributed by atoms with Gasteiger partial charge in [-0.3, -0.25) is 18.9 Å². The Morgan fingerprint density at radius 2 is 1.77 bits per heavy atom. The molecule has 3 fully saturated rings. The van der Waals surface area contributed by atoms with Gasteiger partial charge in [-0.15, -0.1) is 5.10 Å². The highest BCUT2D eigenvalue weighted by Gasteiger charge is 2.51. The molecule has 44 heavy (non-hydrogen) atoms. The molecule has 2 unspecified atom stereocenters. The fourth-order valence-corrected chi connectivity index (χ4v) is 8.03. The number of hydrogen-bond acceptors (Lipinski definition) is 17. The third-order valence-electron chi connectivity index (χ3n) is 7.02. The van der Waals surface area contributed by atoms with Crippen LogP contribution in [0.15, 0.2) is 17.4 Å². The fourth-order valence-electron chi connectivity index (χ4n) is 5.13. The summed E-state index contributed by atoms with van der Waals surface area (Å²) in [5.74, 6) is -0.130. The molecule has 20 nitrogen and oxygen atoms in total. The van der Waals surface area contributed by atoms with Gasteiger partial charge >= 0.3 is 13.4 Å². The van der Waals surface area contributed by atoms with Gasteiger partial charge in [-0.05, 0) is 23.6 Å². The maximum atomic E-state index is 16.0. The number of nitrogens with two attached hydrogens (primary N) is 2. The standard InChI is InChI=1S/C19H22FN11O9P2S2/c20-9-12-8(38-18(9)30-5-25-10-13(21)23-4-24-14(10)30)3-36-41(33,43)39-7-1-6(2-35-42(34,44)40-12)37-17(7)31-15-11(28-29-31)16(32)27-19(22)26-15/h4-9,12,17-18H,1-3H2,(H,33,43)(H,34,44)(H2,21,23,24)(H3,22,26,27,32)/t6-,7+,8+,9-,12+,17+,18+,41?,42?/m0/s1. The van der Waals surface area contributed by atoms with Gasteiger partial charge < -0.3 is 44.3 Å². The summed E-state index contributed by atoms with van der Waals surface area (Å²) in [6.07, 6.45) is -6.73. The van der Waals surface area contributed by atoms with Crippen molar-refractivity contribution in [3.8, 4) is 0 Å². The zero-order valence-electron chi connectivity index (χ0n) is 21.9. The van der Waals surface area contributed by atoms with Gasteiger partial charge in [-0.1, -0.05) is 5.21 Å². The Morgan fingerprint density at radius 3 is 2.59 bits per heavy atom. The maximum Gasteiger partial charge on any atom is 0.325 e. The SMILES string of the molecule is Nc1nc2c(nnn2[C@@H]2O[C@@H]3COP(O)(=S)O[C@H]4[C@H](F)[C@H](n5cnc6c(N)ncnc65)O[C@@H]4COP(O)(=S)O[C@@H]2C3)c(=O)[nH]1. The number of alkyl halides is 1. The smallest absolute Gasteiger partial charge is 0.325 e. The van der Waals surface area contributed by atoms with Crippen molar-refractivity contribution in [2.75, 3.05) is 24.7 Å². The predicted octanol–water partition coefficient (Wildman–Crippen LogP) is -0.707. The van der Waals surface area contributed by atoms with Crippen LogP contribution in [0.1, 0.15) is 18.9 Å². The maximum absolute atomic E-state index is 16.0. The number of rotatable bonds is 2. The summed E-state index contributed by atoms with van der Waals surface area (Å²) in [6.45, 7) is -9.13. The van der Waals surface area contributed by atoms with Crippen LogP contribution in [0.4, 0.5) is 16.2 Å². The van der Waals surface area contributed by atoms with Crippen molar-refractivity contribution >= 4 is 71.1 Å². The highest BCUT2D eigenvalue weighted by atomic mass is 32.5. The van der Waals surface area contributed by atoms with E-state index in [0.717, 1.165) is 4.68 Å². The number of imidazole rings is 1. The second-order valence-electron chi connectivity index (χ2n) is 9.88. The van der Waals surface area contributed by atoms with Gasteiger partial charge in [0.25, 0.3) is 5.56 Å². The van der Waals surface area contributed by atoms with E-state index in [2.05, 4.69) is 35.2 Å². The number of hydrogen-bond donors (Lipinski definition) is 5. The topological polar surface area (TPSA) is 268 Å². The van der Waals surface area contributed by atoms with Crippen molar-refractivity contribution in [3.63, 3.8) is 0 Å². The van der Waals surface area contributed by atoms with E-state index in [4.69, 9.17) is 62.6 Å². The summed E-state index contributed by atoms with van der Waals surface area (Å²) in [4.78, 5) is 52.7. The van der Waals surface area contributed by atoms with Crippen LogP contribution in [-0.4, -0.2) is 98.1 Å². The molecule has 3 saturated heterocycles. The summed E-state index contributed by atoms with van der Waals surface area (Å²) in [5.41, 5.74) is 11.1. The number of ether oxygens (including phenoxy) is 2.